The number of carbonyl (C=O) groups is 2. The summed E-state index contributed by atoms with van der Waals surface area (Å²) in [5.74, 6) is -0.662. The summed E-state index contributed by atoms with van der Waals surface area (Å²) in [5, 5.41) is 7.64. The van der Waals surface area contributed by atoms with Gasteiger partial charge in [-0.25, -0.2) is 14.1 Å². The van der Waals surface area contributed by atoms with Crippen molar-refractivity contribution < 1.29 is 14.0 Å². The lowest BCUT2D eigenvalue weighted by atomic mass is 10.2. The van der Waals surface area contributed by atoms with Gasteiger partial charge in [-0.15, -0.1) is 5.10 Å². The Morgan fingerprint density at radius 2 is 1.80 bits per heavy atom. The van der Waals surface area contributed by atoms with E-state index in [4.69, 9.17) is 11.6 Å². The maximum absolute atomic E-state index is 13.1. The zero-order valence-electron chi connectivity index (χ0n) is 16.6. The molecule has 0 saturated heterocycles. The standard InChI is InChI=1S/C21H21ClFN5O2/c1-3-27(13-19(29)24-12-15-4-6-16(22)7-5-15)21(30)20-25-14(2)28(26-20)18-10-8-17(23)9-11-18/h4-11H,3,12-13H2,1-2H3,(H,24,29). The number of nitrogens with zero attached hydrogens (tertiary/aromatic N) is 4. The van der Waals surface area contributed by atoms with Gasteiger partial charge in [0, 0.05) is 18.1 Å². The summed E-state index contributed by atoms with van der Waals surface area (Å²) in [6.45, 7) is 4.00. The molecule has 0 fully saturated rings. The Balaban J connectivity index is 1.65. The number of aryl methyl sites for hydroxylation is 1. The van der Waals surface area contributed by atoms with Crippen molar-refractivity contribution in [3.05, 3.63) is 76.6 Å². The lowest BCUT2D eigenvalue weighted by molar-refractivity contribution is -0.121. The van der Waals surface area contributed by atoms with Crippen LogP contribution in [0, 0.1) is 12.7 Å². The van der Waals surface area contributed by atoms with Crippen LogP contribution in [0.5, 0.6) is 0 Å². The van der Waals surface area contributed by atoms with E-state index in [0.29, 0.717) is 29.6 Å². The molecular weight excluding hydrogens is 409 g/mol. The number of benzene rings is 2. The zero-order valence-corrected chi connectivity index (χ0v) is 17.4. The van der Waals surface area contributed by atoms with Crippen molar-refractivity contribution in [2.75, 3.05) is 13.1 Å². The van der Waals surface area contributed by atoms with Gasteiger partial charge in [0.25, 0.3) is 5.91 Å². The van der Waals surface area contributed by atoms with E-state index in [2.05, 4.69) is 15.4 Å². The van der Waals surface area contributed by atoms with Crippen molar-refractivity contribution in [3.63, 3.8) is 0 Å². The minimum Gasteiger partial charge on any atom is -0.350 e. The van der Waals surface area contributed by atoms with Crippen molar-refractivity contribution in [1.82, 2.24) is 25.0 Å². The van der Waals surface area contributed by atoms with E-state index in [9.17, 15) is 14.0 Å². The lowest BCUT2D eigenvalue weighted by Crippen LogP contribution is -2.40. The van der Waals surface area contributed by atoms with Crippen molar-refractivity contribution in [2.45, 2.75) is 20.4 Å². The van der Waals surface area contributed by atoms with Gasteiger partial charge in [0.15, 0.2) is 0 Å². The second kappa shape index (κ2) is 9.49. The number of hydrogen-bond donors (Lipinski definition) is 1. The van der Waals surface area contributed by atoms with Crippen LogP contribution >= 0.6 is 11.6 Å². The summed E-state index contributed by atoms with van der Waals surface area (Å²) in [6, 6.07) is 12.8. The molecule has 0 spiro atoms. The highest BCUT2D eigenvalue weighted by atomic mass is 35.5. The Morgan fingerprint density at radius 1 is 1.13 bits per heavy atom. The molecule has 3 aromatic rings. The summed E-state index contributed by atoms with van der Waals surface area (Å²) in [7, 11) is 0. The second-order valence-electron chi connectivity index (χ2n) is 6.59. The van der Waals surface area contributed by atoms with E-state index in [1.165, 1.54) is 21.7 Å². The molecule has 0 unspecified atom stereocenters. The molecule has 30 heavy (non-hydrogen) atoms. The van der Waals surface area contributed by atoms with Crippen LogP contribution in [0.15, 0.2) is 48.5 Å². The Hall–Kier alpha value is -3.26. The molecule has 7 nitrogen and oxygen atoms in total. The van der Waals surface area contributed by atoms with E-state index in [1.54, 1.807) is 38.1 Å². The van der Waals surface area contributed by atoms with Gasteiger partial charge in [-0.2, -0.15) is 0 Å². The number of aromatic nitrogens is 3. The zero-order chi connectivity index (χ0) is 21.7. The van der Waals surface area contributed by atoms with Crippen LogP contribution in [0.25, 0.3) is 5.69 Å². The molecule has 2 aromatic carbocycles. The molecular formula is C21H21ClFN5O2. The first-order valence-corrected chi connectivity index (χ1v) is 9.75. The summed E-state index contributed by atoms with van der Waals surface area (Å²) < 4.78 is 14.6. The number of hydrogen-bond acceptors (Lipinski definition) is 4. The highest BCUT2D eigenvalue weighted by Crippen LogP contribution is 2.12. The molecule has 9 heteroatoms. The van der Waals surface area contributed by atoms with Crippen molar-refractivity contribution in [2.24, 2.45) is 0 Å². The normalized spacial score (nSPS) is 10.7. The molecule has 0 saturated carbocycles. The van der Waals surface area contributed by atoms with Crippen LogP contribution < -0.4 is 5.32 Å². The largest absolute Gasteiger partial charge is 0.350 e. The van der Waals surface area contributed by atoms with E-state index in [1.807, 2.05) is 12.1 Å². The van der Waals surface area contributed by atoms with Gasteiger partial charge in [0.2, 0.25) is 11.7 Å². The molecule has 0 bridgehead atoms. The molecule has 3 rings (SSSR count). The highest BCUT2D eigenvalue weighted by molar-refractivity contribution is 6.30. The number of nitrogens with one attached hydrogen (secondary N) is 1. The molecule has 0 aliphatic heterocycles. The average Bonchev–Trinajstić information content (AvgIpc) is 3.13. The number of amides is 2. The van der Waals surface area contributed by atoms with Gasteiger partial charge < -0.3 is 10.2 Å². The molecule has 1 heterocycles. The Labute approximate surface area is 178 Å². The molecule has 1 N–H and O–H groups in total. The second-order valence-corrected chi connectivity index (χ2v) is 7.03. The molecule has 156 valence electrons. The SMILES string of the molecule is CCN(CC(=O)NCc1ccc(Cl)cc1)C(=O)c1nc(C)n(-c2ccc(F)cc2)n1. The molecule has 1 aromatic heterocycles. The molecule has 2 amide bonds. The first-order valence-electron chi connectivity index (χ1n) is 9.37. The van der Waals surface area contributed by atoms with Crippen LogP contribution in [0.1, 0.15) is 28.9 Å². The minimum atomic E-state index is -0.455. The minimum absolute atomic E-state index is 0.0239. The van der Waals surface area contributed by atoms with Crippen LogP contribution in [0.3, 0.4) is 0 Å². The monoisotopic (exact) mass is 429 g/mol. The third kappa shape index (κ3) is 5.21. The van der Waals surface area contributed by atoms with E-state index in [0.717, 1.165) is 5.56 Å². The number of halogens is 2. The lowest BCUT2D eigenvalue weighted by Gasteiger charge is -2.18. The number of rotatable bonds is 7. The van der Waals surface area contributed by atoms with Gasteiger partial charge in [0.05, 0.1) is 12.2 Å². The van der Waals surface area contributed by atoms with Gasteiger partial charge in [0.1, 0.15) is 11.6 Å². The summed E-state index contributed by atoms with van der Waals surface area (Å²) in [4.78, 5) is 30.7. The topological polar surface area (TPSA) is 80.1 Å². The third-order valence-corrected chi connectivity index (χ3v) is 4.69. The molecule has 0 radical (unpaired) electrons. The highest BCUT2D eigenvalue weighted by Gasteiger charge is 2.22. The van der Waals surface area contributed by atoms with E-state index in [-0.39, 0.29) is 24.1 Å². The van der Waals surface area contributed by atoms with Gasteiger partial charge >= 0.3 is 0 Å². The maximum Gasteiger partial charge on any atom is 0.294 e. The predicted molar refractivity (Wildman–Crippen MR) is 111 cm³/mol. The van der Waals surface area contributed by atoms with Crippen LogP contribution in [-0.4, -0.2) is 44.6 Å². The first kappa shape index (κ1) is 21.4. The van der Waals surface area contributed by atoms with Crippen LogP contribution in [-0.2, 0) is 11.3 Å². The Morgan fingerprint density at radius 3 is 2.43 bits per heavy atom. The number of likely N-dealkylation sites (N-methyl/N-ethyl adjacent to an activating group) is 1. The van der Waals surface area contributed by atoms with E-state index >= 15 is 0 Å². The van der Waals surface area contributed by atoms with Gasteiger partial charge in [-0.3, -0.25) is 9.59 Å². The summed E-state index contributed by atoms with van der Waals surface area (Å²) >= 11 is 5.85. The number of carbonyl (C=O) groups excluding carboxylic acids is 2. The van der Waals surface area contributed by atoms with Crippen LogP contribution in [0.4, 0.5) is 4.39 Å². The average molecular weight is 430 g/mol. The van der Waals surface area contributed by atoms with Gasteiger partial charge in [-0.05, 0) is 55.8 Å². The first-order chi connectivity index (χ1) is 14.4. The van der Waals surface area contributed by atoms with Crippen molar-refractivity contribution in [1.29, 1.82) is 0 Å². The fourth-order valence-corrected chi connectivity index (χ4v) is 2.93. The molecule has 0 aliphatic rings. The predicted octanol–water partition coefficient (Wildman–Crippen LogP) is 3.15. The van der Waals surface area contributed by atoms with Crippen molar-refractivity contribution in [3.8, 4) is 5.69 Å². The smallest absolute Gasteiger partial charge is 0.294 e. The van der Waals surface area contributed by atoms with Crippen LogP contribution in [0.2, 0.25) is 5.02 Å². The Bertz CT molecular complexity index is 1030. The fraction of sp³-hybridized carbons (Fsp3) is 0.238. The Kier molecular flexibility index (Phi) is 6.79. The quantitative estimate of drug-likeness (QED) is 0.625. The fourth-order valence-electron chi connectivity index (χ4n) is 2.81. The summed E-state index contributed by atoms with van der Waals surface area (Å²) in [5.41, 5.74) is 1.49. The molecule has 0 atom stereocenters. The maximum atomic E-state index is 13.1. The molecule has 0 aliphatic carbocycles. The van der Waals surface area contributed by atoms with Crippen molar-refractivity contribution >= 4 is 23.4 Å². The summed E-state index contributed by atoms with van der Waals surface area (Å²) in [6.07, 6.45) is 0. The third-order valence-electron chi connectivity index (χ3n) is 4.44. The van der Waals surface area contributed by atoms with Gasteiger partial charge in [-0.1, -0.05) is 23.7 Å². The van der Waals surface area contributed by atoms with E-state index < -0.39 is 5.91 Å².